The van der Waals surface area contributed by atoms with Gasteiger partial charge >= 0.3 is 5.97 Å². The molecule has 0 saturated heterocycles. The van der Waals surface area contributed by atoms with Crippen LogP contribution < -0.4 is 0 Å². The molecule has 2 heteroatoms. The van der Waals surface area contributed by atoms with Crippen LogP contribution in [0.4, 0.5) is 0 Å². The molecule has 0 bridgehead atoms. The van der Waals surface area contributed by atoms with Gasteiger partial charge in [0.05, 0.1) is 12.7 Å². The highest BCUT2D eigenvalue weighted by molar-refractivity contribution is 5.91. The first-order valence-corrected chi connectivity index (χ1v) is 9.11. The molecule has 0 amide bonds. The number of ether oxygens (including phenoxy) is 1. The van der Waals surface area contributed by atoms with Gasteiger partial charge in [-0.15, -0.1) is 0 Å². The lowest BCUT2D eigenvalue weighted by Gasteiger charge is -2.06. The van der Waals surface area contributed by atoms with Gasteiger partial charge in [0, 0.05) is 5.56 Å². The summed E-state index contributed by atoms with van der Waals surface area (Å²) in [6, 6.07) is 22.3. The molecule has 0 saturated carbocycles. The summed E-state index contributed by atoms with van der Waals surface area (Å²) in [6.45, 7) is 3.97. The average Bonchev–Trinajstić information content (AvgIpc) is 2.72. The van der Waals surface area contributed by atoms with E-state index in [4.69, 9.17) is 4.74 Å². The normalized spacial score (nSPS) is 10.4. The Kier molecular flexibility index (Phi) is 6.09. The van der Waals surface area contributed by atoms with Crippen molar-refractivity contribution in [3.05, 3.63) is 101 Å². The summed E-state index contributed by atoms with van der Waals surface area (Å²) < 4.78 is 4.77. The van der Waals surface area contributed by atoms with Gasteiger partial charge in [-0.05, 0) is 66.5 Å². The number of allylic oxidation sites excluding steroid dienone is 1. The number of carbonyl (C=O) groups is 1. The zero-order valence-corrected chi connectivity index (χ0v) is 16.3. The van der Waals surface area contributed by atoms with Crippen molar-refractivity contribution in [2.45, 2.75) is 13.8 Å². The van der Waals surface area contributed by atoms with E-state index in [0.29, 0.717) is 5.56 Å². The molecule has 0 aliphatic rings. The number of methoxy groups -OCH3 is 1. The minimum atomic E-state index is -0.329. The fraction of sp³-hybridized carbons (Fsp3) is 0.115. The number of rotatable bonds is 3. The predicted octanol–water partition coefficient (Wildman–Crippen LogP) is 5.82. The Hall–Kier alpha value is -3.57. The highest BCUT2D eigenvalue weighted by atomic mass is 16.5. The van der Waals surface area contributed by atoms with Crippen molar-refractivity contribution in [3.63, 3.8) is 0 Å². The second kappa shape index (κ2) is 8.88. The molecule has 28 heavy (non-hydrogen) atoms. The smallest absolute Gasteiger partial charge is 0.338 e. The Morgan fingerprint density at radius 2 is 1.71 bits per heavy atom. The van der Waals surface area contributed by atoms with Gasteiger partial charge in [-0.25, -0.2) is 4.79 Å². The van der Waals surface area contributed by atoms with E-state index in [0.717, 1.165) is 16.7 Å². The van der Waals surface area contributed by atoms with Crippen LogP contribution in [0.25, 0.3) is 17.2 Å². The first-order chi connectivity index (χ1) is 13.6. The van der Waals surface area contributed by atoms with Crippen LogP contribution in [-0.4, -0.2) is 13.1 Å². The third kappa shape index (κ3) is 4.58. The van der Waals surface area contributed by atoms with E-state index in [1.807, 2.05) is 43.3 Å². The molecule has 0 spiro atoms. The molecule has 0 aliphatic carbocycles. The SMILES string of the molecule is COC(=O)c1ccc(C#CC=Cc2ccccc2-c2ccc(C)cc2)cc1C. The molecule has 0 fully saturated rings. The van der Waals surface area contributed by atoms with Crippen LogP contribution in [0.15, 0.2) is 72.8 Å². The average molecular weight is 366 g/mol. The van der Waals surface area contributed by atoms with Crippen molar-refractivity contribution in [1.29, 1.82) is 0 Å². The summed E-state index contributed by atoms with van der Waals surface area (Å²) in [4.78, 5) is 11.7. The second-order valence-electron chi connectivity index (χ2n) is 6.58. The lowest BCUT2D eigenvalue weighted by atomic mass is 9.98. The third-order valence-corrected chi connectivity index (χ3v) is 4.52. The van der Waals surface area contributed by atoms with Crippen molar-refractivity contribution in [3.8, 4) is 23.0 Å². The van der Waals surface area contributed by atoms with Crippen LogP contribution in [0.5, 0.6) is 0 Å². The zero-order chi connectivity index (χ0) is 19.9. The van der Waals surface area contributed by atoms with E-state index in [2.05, 4.69) is 55.2 Å². The number of esters is 1. The molecule has 3 aromatic rings. The monoisotopic (exact) mass is 366 g/mol. The Morgan fingerprint density at radius 3 is 2.43 bits per heavy atom. The van der Waals surface area contributed by atoms with E-state index in [1.54, 1.807) is 6.07 Å². The van der Waals surface area contributed by atoms with Gasteiger partial charge < -0.3 is 4.74 Å². The molecular formula is C26H22O2. The minimum absolute atomic E-state index is 0.329. The van der Waals surface area contributed by atoms with Crippen LogP contribution in [0.2, 0.25) is 0 Å². The van der Waals surface area contributed by atoms with Gasteiger partial charge in [-0.2, -0.15) is 0 Å². The summed E-state index contributed by atoms with van der Waals surface area (Å²) >= 11 is 0. The van der Waals surface area contributed by atoms with Gasteiger partial charge in [0.1, 0.15) is 0 Å². The molecular weight excluding hydrogens is 344 g/mol. The number of benzene rings is 3. The number of hydrogen-bond acceptors (Lipinski definition) is 2. The van der Waals surface area contributed by atoms with E-state index >= 15 is 0 Å². The fourth-order valence-electron chi connectivity index (χ4n) is 2.98. The van der Waals surface area contributed by atoms with Gasteiger partial charge in [-0.1, -0.05) is 65.9 Å². The summed E-state index contributed by atoms with van der Waals surface area (Å²) in [7, 11) is 1.38. The van der Waals surface area contributed by atoms with E-state index in [-0.39, 0.29) is 5.97 Å². The maximum Gasteiger partial charge on any atom is 0.338 e. The molecule has 0 heterocycles. The van der Waals surface area contributed by atoms with E-state index < -0.39 is 0 Å². The molecule has 3 aromatic carbocycles. The van der Waals surface area contributed by atoms with Gasteiger partial charge in [-0.3, -0.25) is 0 Å². The standard InChI is InChI=1S/C26H22O2/c1-19-12-15-23(16-13-19)25-11-7-6-10-22(25)9-5-4-8-21-14-17-24(20(2)18-21)26(27)28-3/h5-7,9-18H,1-3H3. The topological polar surface area (TPSA) is 26.3 Å². The van der Waals surface area contributed by atoms with Gasteiger partial charge in [0.25, 0.3) is 0 Å². The molecule has 0 radical (unpaired) electrons. The number of carbonyl (C=O) groups excluding carboxylic acids is 1. The lowest BCUT2D eigenvalue weighted by Crippen LogP contribution is -2.03. The first-order valence-electron chi connectivity index (χ1n) is 9.11. The van der Waals surface area contributed by atoms with E-state index in [9.17, 15) is 4.79 Å². The summed E-state index contributed by atoms with van der Waals surface area (Å²) in [5.74, 6) is 5.87. The predicted molar refractivity (Wildman–Crippen MR) is 115 cm³/mol. The highest BCUT2D eigenvalue weighted by Crippen LogP contribution is 2.25. The van der Waals surface area contributed by atoms with Crippen molar-refractivity contribution >= 4 is 12.0 Å². The number of aryl methyl sites for hydroxylation is 2. The molecule has 3 rings (SSSR count). The third-order valence-electron chi connectivity index (χ3n) is 4.52. The molecule has 138 valence electrons. The Morgan fingerprint density at radius 1 is 0.964 bits per heavy atom. The second-order valence-corrected chi connectivity index (χ2v) is 6.58. The molecule has 0 unspecified atom stereocenters. The fourth-order valence-corrected chi connectivity index (χ4v) is 2.98. The number of hydrogen-bond donors (Lipinski definition) is 0. The van der Waals surface area contributed by atoms with Crippen LogP contribution in [0.3, 0.4) is 0 Å². The van der Waals surface area contributed by atoms with Crippen LogP contribution >= 0.6 is 0 Å². The molecule has 0 aromatic heterocycles. The summed E-state index contributed by atoms with van der Waals surface area (Å²) in [6.07, 6.45) is 3.88. The minimum Gasteiger partial charge on any atom is -0.465 e. The zero-order valence-electron chi connectivity index (χ0n) is 16.3. The van der Waals surface area contributed by atoms with Crippen LogP contribution in [-0.2, 0) is 4.74 Å². The lowest BCUT2D eigenvalue weighted by molar-refractivity contribution is 0.0600. The molecule has 2 nitrogen and oxygen atoms in total. The van der Waals surface area contributed by atoms with Crippen LogP contribution in [0, 0.1) is 25.7 Å². The Bertz CT molecular complexity index is 1080. The van der Waals surface area contributed by atoms with E-state index in [1.165, 1.54) is 23.8 Å². The summed E-state index contributed by atoms with van der Waals surface area (Å²) in [5, 5.41) is 0. The molecule has 0 N–H and O–H groups in total. The first kappa shape index (κ1) is 19.2. The maximum absolute atomic E-state index is 11.7. The van der Waals surface area contributed by atoms with Crippen LogP contribution in [0.1, 0.15) is 32.6 Å². The highest BCUT2D eigenvalue weighted by Gasteiger charge is 2.08. The molecule has 0 atom stereocenters. The van der Waals surface area contributed by atoms with Crippen molar-refractivity contribution in [2.24, 2.45) is 0 Å². The Balaban J connectivity index is 1.81. The van der Waals surface area contributed by atoms with Crippen molar-refractivity contribution in [2.75, 3.05) is 7.11 Å². The largest absolute Gasteiger partial charge is 0.465 e. The van der Waals surface area contributed by atoms with Gasteiger partial charge in [0.2, 0.25) is 0 Å². The van der Waals surface area contributed by atoms with Crippen molar-refractivity contribution in [1.82, 2.24) is 0 Å². The maximum atomic E-state index is 11.7. The Labute approximate surface area is 166 Å². The van der Waals surface area contributed by atoms with Crippen molar-refractivity contribution < 1.29 is 9.53 Å². The summed E-state index contributed by atoms with van der Waals surface area (Å²) in [5.41, 5.74) is 7.02. The van der Waals surface area contributed by atoms with Gasteiger partial charge in [0.15, 0.2) is 0 Å². The molecule has 0 aliphatic heterocycles. The quantitative estimate of drug-likeness (QED) is 0.431.